The molecule has 4 N–H and O–H groups in total. The molecule has 0 radical (unpaired) electrons. The second kappa shape index (κ2) is 5.36. The van der Waals surface area contributed by atoms with Crippen LogP contribution >= 0.6 is 12.2 Å². The van der Waals surface area contributed by atoms with Crippen molar-refractivity contribution in [2.24, 2.45) is 5.84 Å². The first-order valence-electron chi connectivity index (χ1n) is 3.99. The molecule has 6 heteroatoms. The van der Waals surface area contributed by atoms with Gasteiger partial charge in [0.15, 0.2) is 5.11 Å². The summed E-state index contributed by atoms with van der Waals surface area (Å²) >= 11 is 4.81. The predicted molar refractivity (Wildman–Crippen MR) is 57.5 cm³/mol. The standard InChI is InChI=1S/C8H12N4OS/c1-13-7-3-2-6(4-10-7)5-11-8(14)12-9/h2-4H,5,9H2,1H3,(H2,11,12,14). The molecule has 1 aromatic rings. The molecule has 0 aliphatic carbocycles. The first-order chi connectivity index (χ1) is 6.76. The first-order valence-corrected chi connectivity index (χ1v) is 4.40. The molecular formula is C8H12N4OS. The van der Waals surface area contributed by atoms with E-state index in [1.165, 1.54) is 0 Å². The van der Waals surface area contributed by atoms with Gasteiger partial charge in [0.1, 0.15) is 0 Å². The van der Waals surface area contributed by atoms with Crippen molar-refractivity contribution in [1.82, 2.24) is 15.7 Å². The van der Waals surface area contributed by atoms with Gasteiger partial charge in [0.2, 0.25) is 5.88 Å². The van der Waals surface area contributed by atoms with E-state index < -0.39 is 0 Å². The van der Waals surface area contributed by atoms with Crippen LogP contribution in [0.1, 0.15) is 5.56 Å². The number of ether oxygens (including phenoxy) is 1. The van der Waals surface area contributed by atoms with Gasteiger partial charge in [-0.25, -0.2) is 10.8 Å². The number of rotatable bonds is 3. The molecule has 0 aliphatic rings. The zero-order valence-electron chi connectivity index (χ0n) is 7.78. The van der Waals surface area contributed by atoms with Gasteiger partial charge in [0.25, 0.3) is 0 Å². The molecule has 0 aliphatic heterocycles. The van der Waals surface area contributed by atoms with Crippen LogP contribution < -0.4 is 21.3 Å². The van der Waals surface area contributed by atoms with E-state index in [1.807, 2.05) is 6.07 Å². The Kier molecular flexibility index (Phi) is 4.09. The van der Waals surface area contributed by atoms with Crippen LogP contribution in [0.25, 0.3) is 0 Å². The van der Waals surface area contributed by atoms with Crippen molar-refractivity contribution in [3.05, 3.63) is 23.9 Å². The summed E-state index contributed by atoms with van der Waals surface area (Å²) in [7, 11) is 1.58. The Morgan fingerprint density at radius 2 is 2.43 bits per heavy atom. The highest BCUT2D eigenvalue weighted by atomic mass is 32.1. The molecule has 0 fully saturated rings. The SMILES string of the molecule is COc1ccc(CNC(=S)NN)cn1. The summed E-state index contributed by atoms with van der Waals surface area (Å²) in [5, 5.41) is 3.30. The number of hydrogen-bond acceptors (Lipinski definition) is 4. The van der Waals surface area contributed by atoms with Crippen LogP contribution in [0.15, 0.2) is 18.3 Å². The lowest BCUT2D eigenvalue weighted by atomic mass is 10.3. The lowest BCUT2D eigenvalue weighted by Crippen LogP contribution is -2.39. The Hall–Kier alpha value is -1.40. The molecule has 0 spiro atoms. The maximum Gasteiger partial charge on any atom is 0.212 e. The van der Waals surface area contributed by atoms with Crippen molar-refractivity contribution in [2.75, 3.05) is 7.11 Å². The van der Waals surface area contributed by atoms with E-state index in [2.05, 4.69) is 15.7 Å². The average Bonchev–Trinajstić information content (AvgIpc) is 2.26. The highest BCUT2D eigenvalue weighted by molar-refractivity contribution is 7.80. The minimum Gasteiger partial charge on any atom is -0.481 e. The highest BCUT2D eigenvalue weighted by Crippen LogP contribution is 2.05. The summed E-state index contributed by atoms with van der Waals surface area (Å²) in [5.41, 5.74) is 3.34. The van der Waals surface area contributed by atoms with Crippen LogP contribution in [0.5, 0.6) is 5.88 Å². The lowest BCUT2D eigenvalue weighted by molar-refractivity contribution is 0.397. The van der Waals surface area contributed by atoms with Gasteiger partial charge in [-0.2, -0.15) is 0 Å². The third-order valence-electron chi connectivity index (χ3n) is 1.59. The molecule has 1 rings (SSSR count). The van der Waals surface area contributed by atoms with Crippen LogP contribution in [-0.4, -0.2) is 17.2 Å². The van der Waals surface area contributed by atoms with Crippen molar-refractivity contribution in [2.45, 2.75) is 6.54 Å². The number of thiocarbonyl (C=S) groups is 1. The summed E-state index contributed by atoms with van der Waals surface area (Å²) in [6.07, 6.45) is 1.71. The number of methoxy groups -OCH3 is 1. The Morgan fingerprint density at radius 1 is 1.64 bits per heavy atom. The molecule has 1 heterocycles. The van der Waals surface area contributed by atoms with E-state index in [0.29, 0.717) is 17.5 Å². The summed E-state index contributed by atoms with van der Waals surface area (Å²) in [5.74, 6) is 5.68. The molecule has 0 aromatic carbocycles. The maximum atomic E-state index is 5.09. The molecule has 76 valence electrons. The zero-order valence-corrected chi connectivity index (χ0v) is 8.60. The van der Waals surface area contributed by atoms with Crippen LogP contribution in [0.2, 0.25) is 0 Å². The largest absolute Gasteiger partial charge is 0.481 e. The first kappa shape index (κ1) is 10.7. The summed E-state index contributed by atoms with van der Waals surface area (Å²) in [6, 6.07) is 3.69. The predicted octanol–water partition coefficient (Wildman–Crippen LogP) is -0.0720. The topological polar surface area (TPSA) is 72.2 Å². The van der Waals surface area contributed by atoms with Gasteiger partial charge < -0.3 is 15.5 Å². The van der Waals surface area contributed by atoms with Crippen molar-refractivity contribution in [1.29, 1.82) is 0 Å². The number of hydrazine groups is 1. The van der Waals surface area contributed by atoms with Crippen LogP contribution in [0.3, 0.4) is 0 Å². The van der Waals surface area contributed by atoms with Crippen molar-refractivity contribution in [3.8, 4) is 5.88 Å². The molecule has 0 saturated carbocycles. The van der Waals surface area contributed by atoms with Gasteiger partial charge in [0, 0.05) is 18.8 Å². The molecule has 0 unspecified atom stereocenters. The minimum atomic E-state index is 0.404. The quantitative estimate of drug-likeness (QED) is 0.370. The minimum absolute atomic E-state index is 0.404. The van der Waals surface area contributed by atoms with E-state index in [1.54, 1.807) is 19.4 Å². The molecular weight excluding hydrogens is 200 g/mol. The Morgan fingerprint density at radius 3 is 2.93 bits per heavy atom. The van der Waals surface area contributed by atoms with E-state index in [0.717, 1.165) is 5.56 Å². The smallest absolute Gasteiger partial charge is 0.212 e. The third kappa shape index (κ3) is 3.15. The summed E-state index contributed by atoms with van der Waals surface area (Å²) in [4.78, 5) is 4.04. The van der Waals surface area contributed by atoms with Gasteiger partial charge in [-0.3, -0.25) is 0 Å². The van der Waals surface area contributed by atoms with E-state index in [4.69, 9.17) is 22.8 Å². The second-order valence-corrected chi connectivity index (χ2v) is 2.94. The summed E-state index contributed by atoms with van der Waals surface area (Å²) in [6.45, 7) is 0.583. The van der Waals surface area contributed by atoms with Crippen molar-refractivity contribution >= 4 is 17.3 Å². The monoisotopic (exact) mass is 212 g/mol. The van der Waals surface area contributed by atoms with E-state index in [9.17, 15) is 0 Å². The Balaban J connectivity index is 2.47. The normalized spacial score (nSPS) is 9.29. The van der Waals surface area contributed by atoms with Gasteiger partial charge in [-0.15, -0.1) is 0 Å². The number of nitrogens with zero attached hydrogens (tertiary/aromatic N) is 1. The fourth-order valence-corrected chi connectivity index (χ4v) is 0.942. The molecule has 0 bridgehead atoms. The lowest BCUT2D eigenvalue weighted by Gasteiger charge is -2.06. The van der Waals surface area contributed by atoms with E-state index >= 15 is 0 Å². The van der Waals surface area contributed by atoms with Gasteiger partial charge in [-0.05, 0) is 17.8 Å². The maximum absolute atomic E-state index is 5.09. The fourth-order valence-electron chi connectivity index (χ4n) is 0.870. The van der Waals surface area contributed by atoms with Crippen molar-refractivity contribution in [3.63, 3.8) is 0 Å². The molecule has 14 heavy (non-hydrogen) atoms. The van der Waals surface area contributed by atoms with Gasteiger partial charge in [0.05, 0.1) is 7.11 Å². The third-order valence-corrected chi connectivity index (χ3v) is 1.85. The molecule has 0 atom stereocenters. The highest BCUT2D eigenvalue weighted by Gasteiger charge is 1.96. The van der Waals surface area contributed by atoms with Crippen LogP contribution in [0, 0.1) is 0 Å². The number of pyridine rings is 1. The van der Waals surface area contributed by atoms with E-state index in [-0.39, 0.29) is 0 Å². The molecule has 0 amide bonds. The number of nitrogens with two attached hydrogens (primary N) is 1. The Bertz CT molecular complexity index is 301. The number of nitrogens with one attached hydrogen (secondary N) is 2. The van der Waals surface area contributed by atoms with Crippen molar-refractivity contribution < 1.29 is 4.74 Å². The molecule has 1 aromatic heterocycles. The van der Waals surface area contributed by atoms with Gasteiger partial charge >= 0.3 is 0 Å². The summed E-state index contributed by atoms with van der Waals surface area (Å²) < 4.78 is 4.93. The molecule has 0 saturated heterocycles. The fraction of sp³-hybridized carbons (Fsp3) is 0.250. The number of aromatic nitrogens is 1. The zero-order chi connectivity index (χ0) is 10.4. The van der Waals surface area contributed by atoms with Crippen LogP contribution in [-0.2, 0) is 6.54 Å². The number of hydrogen-bond donors (Lipinski definition) is 3. The van der Waals surface area contributed by atoms with Gasteiger partial charge in [-0.1, -0.05) is 6.07 Å². The Labute approximate surface area is 87.6 Å². The average molecular weight is 212 g/mol. The molecule has 5 nitrogen and oxygen atoms in total. The van der Waals surface area contributed by atoms with Crippen LogP contribution in [0.4, 0.5) is 0 Å². The second-order valence-electron chi connectivity index (χ2n) is 2.54.